The van der Waals surface area contributed by atoms with Gasteiger partial charge in [0, 0.05) is 6.08 Å². The quantitative estimate of drug-likeness (QED) is 0.562. The minimum atomic E-state index is -0.413. The van der Waals surface area contributed by atoms with Gasteiger partial charge in [0.15, 0.2) is 0 Å². The Morgan fingerprint density at radius 3 is 3.17 bits per heavy atom. The minimum Gasteiger partial charge on any atom is -0.378 e. The van der Waals surface area contributed by atoms with Crippen LogP contribution in [-0.2, 0) is 14.4 Å². The molecule has 1 aliphatic heterocycles. The van der Waals surface area contributed by atoms with E-state index in [1.807, 2.05) is 6.92 Å². The topological polar surface area (TPSA) is 38.8 Å². The molecule has 12 heavy (non-hydrogen) atoms. The Hall–Kier alpha value is -0.870. The molecular formula is C8H13NO3. The summed E-state index contributed by atoms with van der Waals surface area (Å²) in [5.74, 6) is -0.413. The van der Waals surface area contributed by atoms with Crippen LogP contribution in [0.3, 0.4) is 0 Å². The van der Waals surface area contributed by atoms with E-state index in [0.29, 0.717) is 19.8 Å². The second-order valence-electron chi connectivity index (χ2n) is 2.68. The van der Waals surface area contributed by atoms with E-state index in [9.17, 15) is 4.79 Å². The molecule has 4 heteroatoms. The van der Waals surface area contributed by atoms with Gasteiger partial charge < -0.3 is 9.57 Å². The van der Waals surface area contributed by atoms with Gasteiger partial charge in [-0.05, 0) is 6.92 Å². The summed E-state index contributed by atoms with van der Waals surface area (Å²) < 4.78 is 5.17. The number of morpholine rings is 1. The standard InChI is InChI=1S/C8H13NO3/c1-3-8(10)12-9-4-5-11-6-7(9)2/h3,7H,1,4-6H2,2H3. The minimum absolute atomic E-state index is 0.127. The average Bonchev–Trinajstić information content (AvgIpc) is 2.09. The zero-order valence-electron chi connectivity index (χ0n) is 7.16. The van der Waals surface area contributed by atoms with Gasteiger partial charge in [0.2, 0.25) is 0 Å². The van der Waals surface area contributed by atoms with Gasteiger partial charge in [-0.15, -0.1) is 5.06 Å². The van der Waals surface area contributed by atoms with Crippen molar-refractivity contribution in [2.75, 3.05) is 19.8 Å². The van der Waals surface area contributed by atoms with Crippen molar-refractivity contribution in [3.8, 4) is 0 Å². The molecule has 0 aromatic heterocycles. The third kappa shape index (κ3) is 2.32. The van der Waals surface area contributed by atoms with Crippen molar-refractivity contribution >= 4 is 5.97 Å². The lowest BCUT2D eigenvalue weighted by molar-refractivity contribution is -0.215. The first kappa shape index (κ1) is 9.22. The predicted octanol–water partition coefficient (Wildman–Crippen LogP) is 0.351. The summed E-state index contributed by atoms with van der Waals surface area (Å²) in [7, 11) is 0. The largest absolute Gasteiger partial charge is 0.378 e. The molecule has 0 aromatic rings. The van der Waals surface area contributed by atoms with Gasteiger partial charge in [-0.3, -0.25) is 0 Å². The summed E-state index contributed by atoms with van der Waals surface area (Å²) in [4.78, 5) is 15.8. The molecule has 0 radical (unpaired) electrons. The molecule has 1 saturated heterocycles. The Bertz CT molecular complexity index is 181. The lowest BCUT2D eigenvalue weighted by Gasteiger charge is -2.30. The molecule has 4 nitrogen and oxygen atoms in total. The maximum absolute atomic E-state index is 10.8. The smallest absolute Gasteiger partial charge is 0.349 e. The number of hydrogen-bond donors (Lipinski definition) is 0. The molecule has 1 fully saturated rings. The van der Waals surface area contributed by atoms with Crippen LogP contribution in [0.2, 0.25) is 0 Å². The maximum atomic E-state index is 10.8. The highest BCUT2D eigenvalue weighted by atomic mass is 16.7. The van der Waals surface area contributed by atoms with Gasteiger partial charge in [-0.1, -0.05) is 6.58 Å². The lowest BCUT2D eigenvalue weighted by Crippen LogP contribution is -2.44. The number of hydrogen-bond acceptors (Lipinski definition) is 4. The van der Waals surface area contributed by atoms with Crippen molar-refractivity contribution in [3.63, 3.8) is 0 Å². The van der Waals surface area contributed by atoms with Crippen molar-refractivity contribution in [2.45, 2.75) is 13.0 Å². The summed E-state index contributed by atoms with van der Waals surface area (Å²) >= 11 is 0. The van der Waals surface area contributed by atoms with Crippen molar-refractivity contribution in [3.05, 3.63) is 12.7 Å². The van der Waals surface area contributed by atoms with E-state index >= 15 is 0 Å². The summed E-state index contributed by atoms with van der Waals surface area (Å²) in [5, 5.41) is 1.62. The van der Waals surface area contributed by atoms with E-state index in [4.69, 9.17) is 9.57 Å². The van der Waals surface area contributed by atoms with Gasteiger partial charge in [0.05, 0.1) is 25.8 Å². The van der Waals surface area contributed by atoms with Crippen molar-refractivity contribution in [2.24, 2.45) is 0 Å². The second kappa shape index (κ2) is 4.23. The first-order chi connectivity index (χ1) is 5.74. The molecule has 1 atom stereocenters. The summed E-state index contributed by atoms with van der Waals surface area (Å²) in [6.45, 7) is 7.09. The molecule has 0 aliphatic carbocycles. The van der Waals surface area contributed by atoms with Crippen LogP contribution in [0.1, 0.15) is 6.92 Å². The van der Waals surface area contributed by atoms with E-state index in [1.54, 1.807) is 5.06 Å². The lowest BCUT2D eigenvalue weighted by atomic mass is 10.3. The Morgan fingerprint density at radius 1 is 1.83 bits per heavy atom. The third-order valence-electron chi connectivity index (χ3n) is 1.68. The van der Waals surface area contributed by atoms with Crippen LogP contribution < -0.4 is 0 Å². The monoisotopic (exact) mass is 171 g/mol. The molecule has 0 N–H and O–H groups in total. The average molecular weight is 171 g/mol. The highest BCUT2D eigenvalue weighted by molar-refractivity contribution is 5.80. The van der Waals surface area contributed by atoms with Crippen LogP contribution in [0.5, 0.6) is 0 Å². The summed E-state index contributed by atoms with van der Waals surface area (Å²) in [6.07, 6.45) is 1.15. The fraction of sp³-hybridized carbons (Fsp3) is 0.625. The summed E-state index contributed by atoms with van der Waals surface area (Å²) in [5.41, 5.74) is 0. The third-order valence-corrected chi connectivity index (χ3v) is 1.68. The first-order valence-electron chi connectivity index (χ1n) is 3.93. The molecule has 1 aliphatic rings. The Kier molecular flexibility index (Phi) is 3.25. The molecule has 1 heterocycles. The van der Waals surface area contributed by atoms with Crippen LogP contribution in [0.15, 0.2) is 12.7 Å². The fourth-order valence-electron chi connectivity index (χ4n) is 1.00. The fourth-order valence-corrected chi connectivity index (χ4v) is 1.00. The molecule has 0 bridgehead atoms. The Balaban J connectivity index is 2.38. The van der Waals surface area contributed by atoms with Crippen LogP contribution in [0.25, 0.3) is 0 Å². The van der Waals surface area contributed by atoms with Crippen molar-refractivity contribution in [1.29, 1.82) is 0 Å². The number of carbonyl (C=O) groups excluding carboxylic acids is 1. The number of hydroxylamine groups is 2. The van der Waals surface area contributed by atoms with E-state index < -0.39 is 5.97 Å². The van der Waals surface area contributed by atoms with Gasteiger partial charge in [0.25, 0.3) is 0 Å². The van der Waals surface area contributed by atoms with Gasteiger partial charge >= 0.3 is 5.97 Å². The number of rotatable bonds is 2. The zero-order chi connectivity index (χ0) is 8.97. The highest BCUT2D eigenvalue weighted by Gasteiger charge is 2.21. The van der Waals surface area contributed by atoms with E-state index in [2.05, 4.69) is 6.58 Å². The van der Waals surface area contributed by atoms with E-state index in [0.717, 1.165) is 6.08 Å². The molecule has 1 rings (SSSR count). The number of carbonyl (C=O) groups is 1. The first-order valence-corrected chi connectivity index (χ1v) is 3.93. The van der Waals surface area contributed by atoms with Gasteiger partial charge in [-0.25, -0.2) is 4.79 Å². The Labute approximate surface area is 71.7 Å². The van der Waals surface area contributed by atoms with Crippen molar-refractivity contribution < 1.29 is 14.4 Å². The van der Waals surface area contributed by atoms with Gasteiger partial charge in [-0.2, -0.15) is 0 Å². The van der Waals surface area contributed by atoms with Crippen LogP contribution in [-0.4, -0.2) is 36.8 Å². The van der Waals surface area contributed by atoms with E-state index in [-0.39, 0.29) is 6.04 Å². The van der Waals surface area contributed by atoms with Crippen LogP contribution in [0.4, 0.5) is 0 Å². The molecule has 0 saturated carbocycles. The molecule has 68 valence electrons. The van der Waals surface area contributed by atoms with Gasteiger partial charge in [0.1, 0.15) is 0 Å². The predicted molar refractivity (Wildman–Crippen MR) is 43.3 cm³/mol. The molecule has 0 aromatic carbocycles. The van der Waals surface area contributed by atoms with Crippen LogP contribution in [0, 0.1) is 0 Å². The van der Waals surface area contributed by atoms with E-state index in [1.165, 1.54) is 0 Å². The SMILES string of the molecule is C=CC(=O)ON1CCOCC1C. The number of ether oxygens (including phenoxy) is 1. The maximum Gasteiger partial charge on any atom is 0.349 e. The van der Waals surface area contributed by atoms with Crippen LogP contribution >= 0.6 is 0 Å². The molecule has 0 spiro atoms. The number of nitrogens with zero attached hydrogens (tertiary/aromatic N) is 1. The second-order valence-corrected chi connectivity index (χ2v) is 2.68. The normalized spacial score (nSPS) is 24.9. The summed E-state index contributed by atoms with van der Waals surface area (Å²) in [6, 6.07) is 0.127. The van der Waals surface area contributed by atoms with Crippen molar-refractivity contribution in [1.82, 2.24) is 5.06 Å². The Morgan fingerprint density at radius 2 is 2.58 bits per heavy atom. The molecule has 1 unspecified atom stereocenters. The molecular weight excluding hydrogens is 158 g/mol. The highest BCUT2D eigenvalue weighted by Crippen LogP contribution is 2.06. The zero-order valence-corrected chi connectivity index (χ0v) is 7.16. The molecule has 0 amide bonds.